The summed E-state index contributed by atoms with van der Waals surface area (Å²) in [6.07, 6.45) is 3.04. The Morgan fingerprint density at radius 1 is 1.65 bits per heavy atom. The number of aliphatic hydroxyl groups is 1. The molecule has 0 saturated carbocycles. The van der Waals surface area contributed by atoms with E-state index >= 15 is 0 Å². The van der Waals surface area contributed by atoms with E-state index in [1.54, 1.807) is 0 Å². The molecule has 0 radical (unpaired) electrons. The molecule has 17 heavy (non-hydrogen) atoms. The van der Waals surface area contributed by atoms with Crippen LogP contribution in [-0.2, 0) is 24.6 Å². The van der Waals surface area contributed by atoms with Crippen LogP contribution in [0.4, 0.5) is 0 Å². The standard InChI is InChI=1S/C12H19BrN2O2/c1-3-8-12(13)9(15(2)14-8)7-10(16)11-5-4-6-17-11/h10-11,16H,3-7H2,1-2H3. The van der Waals surface area contributed by atoms with Crippen molar-refractivity contribution in [3.63, 3.8) is 0 Å². The van der Waals surface area contributed by atoms with Gasteiger partial charge >= 0.3 is 0 Å². The molecule has 2 unspecified atom stereocenters. The van der Waals surface area contributed by atoms with Crippen molar-refractivity contribution in [1.29, 1.82) is 0 Å². The molecule has 1 aromatic heterocycles. The summed E-state index contributed by atoms with van der Waals surface area (Å²) in [4.78, 5) is 0. The number of aliphatic hydroxyl groups excluding tert-OH is 1. The fourth-order valence-corrected chi connectivity index (χ4v) is 3.06. The van der Waals surface area contributed by atoms with E-state index in [1.807, 2.05) is 11.7 Å². The first-order chi connectivity index (χ1) is 8.13. The zero-order chi connectivity index (χ0) is 12.4. The predicted molar refractivity (Wildman–Crippen MR) is 69.0 cm³/mol. The van der Waals surface area contributed by atoms with Crippen LogP contribution in [0, 0.1) is 0 Å². The van der Waals surface area contributed by atoms with Crippen LogP contribution in [0.5, 0.6) is 0 Å². The molecule has 1 saturated heterocycles. The van der Waals surface area contributed by atoms with E-state index in [2.05, 4.69) is 28.0 Å². The van der Waals surface area contributed by atoms with Gasteiger partial charge < -0.3 is 9.84 Å². The fourth-order valence-electron chi connectivity index (χ4n) is 2.28. The molecule has 2 atom stereocenters. The van der Waals surface area contributed by atoms with Crippen molar-refractivity contribution >= 4 is 15.9 Å². The van der Waals surface area contributed by atoms with Gasteiger partial charge in [-0.05, 0) is 35.2 Å². The average Bonchev–Trinajstić information content (AvgIpc) is 2.92. The van der Waals surface area contributed by atoms with Gasteiger partial charge in [0, 0.05) is 20.1 Å². The van der Waals surface area contributed by atoms with E-state index in [1.165, 1.54) is 0 Å². The van der Waals surface area contributed by atoms with E-state index in [4.69, 9.17) is 4.74 Å². The molecule has 4 nitrogen and oxygen atoms in total. The Bertz CT molecular complexity index is 386. The summed E-state index contributed by atoms with van der Waals surface area (Å²) in [5.41, 5.74) is 2.09. The lowest BCUT2D eigenvalue weighted by atomic mass is 10.1. The topological polar surface area (TPSA) is 47.3 Å². The van der Waals surface area contributed by atoms with E-state index in [-0.39, 0.29) is 6.10 Å². The minimum absolute atomic E-state index is 0.0122. The molecule has 5 heteroatoms. The first-order valence-electron chi connectivity index (χ1n) is 6.13. The highest BCUT2D eigenvalue weighted by atomic mass is 79.9. The van der Waals surface area contributed by atoms with Gasteiger partial charge in [-0.15, -0.1) is 0 Å². The molecule has 1 fully saturated rings. The second-order valence-electron chi connectivity index (χ2n) is 4.51. The highest BCUT2D eigenvalue weighted by molar-refractivity contribution is 9.10. The van der Waals surface area contributed by atoms with E-state index in [0.29, 0.717) is 6.42 Å². The van der Waals surface area contributed by atoms with Gasteiger partial charge in [0.05, 0.1) is 28.1 Å². The summed E-state index contributed by atoms with van der Waals surface area (Å²) in [5.74, 6) is 0. The van der Waals surface area contributed by atoms with Crippen LogP contribution in [-0.4, -0.2) is 33.7 Å². The zero-order valence-corrected chi connectivity index (χ0v) is 11.9. The lowest BCUT2D eigenvalue weighted by Gasteiger charge is -2.17. The molecule has 0 spiro atoms. The maximum atomic E-state index is 10.1. The number of aryl methyl sites for hydroxylation is 2. The molecule has 0 aliphatic carbocycles. The first-order valence-corrected chi connectivity index (χ1v) is 6.92. The normalized spacial score (nSPS) is 22.0. The maximum Gasteiger partial charge on any atom is 0.0857 e. The fraction of sp³-hybridized carbons (Fsp3) is 0.750. The minimum atomic E-state index is -0.436. The van der Waals surface area contributed by atoms with Crippen LogP contribution < -0.4 is 0 Å². The summed E-state index contributed by atoms with van der Waals surface area (Å²) < 4.78 is 8.38. The Balaban J connectivity index is 2.09. The molecule has 0 aromatic carbocycles. The molecule has 2 rings (SSSR count). The maximum absolute atomic E-state index is 10.1. The molecule has 96 valence electrons. The Kier molecular flexibility index (Phi) is 4.22. The average molecular weight is 303 g/mol. The van der Waals surface area contributed by atoms with Gasteiger partial charge in [-0.1, -0.05) is 6.92 Å². The van der Waals surface area contributed by atoms with Gasteiger partial charge in [0.2, 0.25) is 0 Å². The second-order valence-corrected chi connectivity index (χ2v) is 5.30. The quantitative estimate of drug-likeness (QED) is 0.923. The largest absolute Gasteiger partial charge is 0.390 e. The van der Waals surface area contributed by atoms with Crippen LogP contribution >= 0.6 is 15.9 Å². The SMILES string of the molecule is CCc1nn(C)c(CC(O)C2CCCO2)c1Br. The van der Waals surface area contributed by atoms with Gasteiger partial charge in [-0.25, -0.2) is 0 Å². The third kappa shape index (κ3) is 2.72. The lowest BCUT2D eigenvalue weighted by Crippen LogP contribution is -2.28. The smallest absolute Gasteiger partial charge is 0.0857 e. The first kappa shape index (κ1) is 13.1. The molecule has 0 bridgehead atoms. The number of rotatable bonds is 4. The Labute approximate surface area is 110 Å². The second kappa shape index (κ2) is 5.50. The Morgan fingerprint density at radius 3 is 2.94 bits per heavy atom. The summed E-state index contributed by atoms with van der Waals surface area (Å²) in [6, 6.07) is 0. The van der Waals surface area contributed by atoms with Gasteiger partial charge in [0.1, 0.15) is 0 Å². The van der Waals surface area contributed by atoms with Gasteiger partial charge in [-0.3, -0.25) is 4.68 Å². The molecular formula is C12H19BrN2O2. The van der Waals surface area contributed by atoms with Crippen molar-refractivity contribution in [3.05, 3.63) is 15.9 Å². The third-order valence-corrected chi connectivity index (χ3v) is 4.21. The van der Waals surface area contributed by atoms with Crippen molar-refractivity contribution < 1.29 is 9.84 Å². The minimum Gasteiger partial charge on any atom is -0.390 e. The molecule has 2 heterocycles. The lowest BCUT2D eigenvalue weighted by molar-refractivity contribution is -0.00167. The number of hydrogen-bond acceptors (Lipinski definition) is 3. The van der Waals surface area contributed by atoms with E-state index in [9.17, 15) is 5.11 Å². The van der Waals surface area contributed by atoms with Gasteiger partial charge in [-0.2, -0.15) is 5.10 Å². The van der Waals surface area contributed by atoms with Gasteiger partial charge in [0.15, 0.2) is 0 Å². The van der Waals surface area contributed by atoms with Crippen LogP contribution in [0.1, 0.15) is 31.2 Å². The van der Waals surface area contributed by atoms with Crippen LogP contribution in [0.3, 0.4) is 0 Å². The van der Waals surface area contributed by atoms with Crippen LogP contribution in [0.2, 0.25) is 0 Å². The van der Waals surface area contributed by atoms with Crippen LogP contribution in [0.15, 0.2) is 4.47 Å². The van der Waals surface area contributed by atoms with E-state index in [0.717, 1.165) is 41.7 Å². The number of hydrogen-bond donors (Lipinski definition) is 1. The Hall–Kier alpha value is -0.390. The summed E-state index contributed by atoms with van der Waals surface area (Å²) in [6.45, 7) is 2.85. The third-order valence-electron chi connectivity index (χ3n) is 3.30. The van der Waals surface area contributed by atoms with Crippen molar-refractivity contribution in [1.82, 2.24) is 9.78 Å². The van der Waals surface area contributed by atoms with Crippen molar-refractivity contribution in [2.24, 2.45) is 7.05 Å². The summed E-state index contributed by atoms with van der Waals surface area (Å²) >= 11 is 3.56. The monoisotopic (exact) mass is 302 g/mol. The van der Waals surface area contributed by atoms with Gasteiger partial charge in [0.25, 0.3) is 0 Å². The summed E-state index contributed by atoms with van der Waals surface area (Å²) in [5, 5.41) is 14.6. The molecule has 1 aromatic rings. The zero-order valence-electron chi connectivity index (χ0n) is 10.3. The highest BCUT2D eigenvalue weighted by Crippen LogP contribution is 2.25. The molecule has 1 aliphatic rings. The number of ether oxygens (including phenoxy) is 1. The van der Waals surface area contributed by atoms with Crippen molar-refractivity contribution in [3.8, 4) is 0 Å². The van der Waals surface area contributed by atoms with Crippen molar-refractivity contribution in [2.45, 2.75) is 44.8 Å². The van der Waals surface area contributed by atoms with Crippen LogP contribution in [0.25, 0.3) is 0 Å². The van der Waals surface area contributed by atoms with E-state index < -0.39 is 6.10 Å². The predicted octanol–water partition coefficient (Wildman–Crippen LogP) is 1.83. The molecule has 1 N–H and O–H groups in total. The molecule has 0 amide bonds. The molecular weight excluding hydrogens is 284 g/mol. The number of halogens is 1. The van der Waals surface area contributed by atoms with Crippen molar-refractivity contribution in [2.75, 3.05) is 6.61 Å². The molecule has 1 aliphatic heterocycles. The number of aromatic nitrogens is 2. The Morgan fingerprint density at radius 2 is 2.41 bits per heavy atom. The number of nitrogens with zero attached hydrogens (tertiary/aromatic N) is 2. The highest BCUT2D eigenvalue weighted by Gasteiger charge is 2.26. The summed E-state index contributed by atoms with van der Waals surface area (Å²) in [7, 11) is 1.92.